The maximum absolute atomic E-state index is 6.17. The van der Waals surface area contributed by atoms with E-state index in [0.717, 1.165) is 23.7 Å². The van der Waals surface area contributed by atoms with E-state index >= 15 is 0 Å². The molecule has 0 saturated carbocycles. The zero-order valence-electron chi connectivity index (χ0n) is 10.3. The Balaban J connectivity index is 1.71. The van der Waals surface area contributed by atoms with Crippen LogP contribution in [0.2, 0.25) is 0 Å². The summed E-state index contributed by atoms with van der Waals surface area (Å²) in [5.74, 6) is 0. The summed E-state index contributed by atoms with van der Waals surface area (Å²) in [6.07, 6.45) is 4.40. The summed E-state index contributed by atoms with van der Waals surface area (Å²) in [6, 6.07) is 13.0. The summed E-state index contributed by atoms with van der Waals surface area (Å²) in [6.45, 7) is 0. The van der Waals surface area contributed by atoms with Crippen LogP contribution >= 0.6 is 27.3 Å². The van der Waals surface area contributed by atoms with Crippen LogP contribution in [0.4, 0.5) is 0 Å². The van der Waals surface area contributed by atoms with E-state index in [2.05, 4.69) is 57.7 Å². The van der Waals surface area contributed by atoms with E-state index in [1.54, 1.807) is 0 Å². The highest BCUT2D eigenvalue weighted by molar-refractivity contribution is 9.10. The molecule has 2 N–H and O–H groups in total. The van der Waals surface area contributed by atoms with Crippen molar-refractivity contribution in [3.63, 3.8) is 0 Å². The average Bonchev–Trinajstić information content (AvgIpc) is 2.85. The van der Waals surface area contributed by atoms with E-state index in [9.17, 15) is 0 Å². The number of halogens is 1. The van der Waals surface area contributed by atoms with Gasteiger partial charge in [-0.15, -0.1) is 11.3 Å². The Hall–Kier alpha value is -0.640. The quantitative estimate of drug-likeness (QED) is 0.837. The van der Waals surface area contributed by atoms with Gasteiger partial charge in [0.05, 0.1) is 0 Å². The topological polar surface area (TPSA) is 26.0 Å². The second-order valence-electron chi connectivity index (χ2n) is 4.56. The molecule has 0 saturated heterocycles. The van der Waals surface area contributed by atoms with Crippen LogP contribution in [0.3, 0.4) is 0 Å². The Bertz CT molecular complexity index is 450. The molecule has 2 aromatic rings. The molecule has 3 heteroatoms. The molecule has 0 amide bonds. The minimum absolute atomic E-state index is 0.270. The number of rotatable bonds is 6. The lowest BCUT2D eigenvalue weighted by atomic mass is 10.0. The van der Waals surface area contributed by atoms with Crippen LogP contribution < -0.4 is 5.73 Å². The molecular weight excluding hydrogens is 306 g/mol. The largest absolute Gasteiger partial charge is 0.327 e. The van der Waals surface area contributed by atoms with Crippen LogP contribution in [-0.4, -0.2) is 6.04 Å². The van der Waals surface area contributed by atoms with Crippen molar-refractivity contribution in [2.45, 2.75) is 31.7 Å². The van der Waals surface area contributed by atoms with Gasteiger partial charge in [-0.1, -0.05) is 34.1 Å². The predicted molar refractivity (Wildman–Crippen MR) is 83.1 cm³/mol. The van der Waals surface area contributed by atoms with Crippen molar-refractivity contribution in [1.82, 2.24) is 0 Å². The first-order chi connectivity index (χ1) is 8.74. The van der Waals surface area contributed by atoms with Gasteiger partial charge >= 0.3 is 0 Å². The molecule has 2 rings (SSSR count). The minimum Gasteiger partial charge on any atom is -0.327 e. The third kappa shape index (κ3) is 4.56. The van der Waals surface area contributed by atoms with Gasteiger partial charge in [-0.3, -0.25) is 0 Å². The van der Waals surface area contributed by atoms with Crippen molar-refractivity contribution in [1.29, 1.82) is 0 Å². The Morgan fingerprint density at radius 3 is 2.61 bits per heavy atom. The molecule has 18 heavy (non-hydrogen) atoms. The highest BCUT2D eigenvalue weighted by Crippen LogP contribution is 2.15. The second kappa shape index (κ2) is 7.07. The molecule has 0 aliphatic rings. The van der Waals surface area contributed by atoms with Crippen molar-refractivity contribution >= 4 is 27.3 Å². The smallest absolute Gasteiger partial charge is 0.0175 e. The van der Waals surface area contributed by atoms with Gasteiger partial charge in [0.25, 0.3) is 0 Å². The van der Waals surface area contributed by atoms with E-state index in [1.165, 1.54) is 16.9 Å². The maximum atomic E-state index is 6.17. The van der Waals surface area contributed by atoms with Crippen LogP contribution in [0.1, 0.15) is 23.3 Å². The summed E-state index contributed by atoms with van der Waals surface area (Å²) in [5, 5.41) is 2.14. The number of nitrogens with two attached hydrogens (primary N) is 1. The number of aryl methyl sites for hydroxylation is 1. The fourth-order valence-electron chi connectivity index (χ4n) is 2.02. The lowest BCUT2D eigenvalue weighted by Crippen LogP contribution is -2.22. The van der Waals surface area contributed by atoms with Gasteiger partial charge in [0.2, 0.25) is 0 Å². The SMILES string of the molecule is NC(CCCc1cccs1)Cc1ccc(Br)cc1. The van der Waals surface area contributed by atoms with E-state index < -0.39 is 0 Å². The van der Waals surface area contributed by atoms with Gasteiger partial charge in [0, 0.05) is 15.4 Å². The molecule has 1 atom stereocenters. The fraction of sp³-hybridized carbons (Fsp3) is 0.333. The van der Waals surface area contributed by atoms with Gasteiger partial charge in [-0.2, -0.15) is 0 Å². The van der Waals surface area contributed by atoms with Gasteiger partial charge in [-0.25, -0.2) is 0 Å². The van der Waals surface area contributed by atoms with Crippen LogP contribution in [0.25, 0.3) is 0 Å². The monoisotopic (exact) mass is 323 g/mol. The molecule has 1 aromatic carbocycles. The van der Waals surface area contributed by atoms with E-state index in [0.29, 0.717) is 0 Å². The number of benzene rings is 1. The molecule has 1 unspecified atom stereocenters. The van der Waals surface area contributed by atoms with Crippen LogP contribution in [0.5, 0.6) is 0 Å². The first kappa shape index (κ1) is 13.8. The van der Waals surface area contributed by atoms with Crippen molar-refractivity contribution < 1.29 is 0 Å². The summed E-state index contributed by atoms with van der Waals surface area (Å²) in [7, 11) is 0. The molecule has 96 valence electrons. The second-order valence-corrected chi connectivity index (χ2v) is 6.51. The molecular formula is C15H18BrNS. The molecule has 0 aliphatic carbocycles. The lowest BCUT2D eigenvalue weighted by molar-refractivity contribution is 0.582. The molecule has 0 aliphatic heterocycles. The number of hydrogen-bond acceptors (Lipinski definition) is 2. The molecule has 1 heterocycles. The Kier molecular flexibility index (Phi) is 5.42. The Morgan fingerprint density at radius 1 is 1.17 bits per heavy atom. The average molecular weight is 324 g/mol. The Morgan fingerprint density at radius 2 is 1.94 bits per heavy atom. The summed E-state index contributed by atoms with van der Waals surface area (Å²) >= 11 is 5.28. The maximum Gasteiger partial charge on any atom is 0.0175 e. The third-order valence-electron chi connectivity index (χ3n) is 2.99. The number of hydrogen-bond donors (Lipinski definition) is 1. The molecule has 0 fully saturated rings. The highest BCUT2D eigenvalue weighted by atomic mass is 79.9. The summed E-state index contributed by atoms with van der Waals surface area (Å²) < 4.78 is 1.12. The highest BCUT2D eigenvalue weighted by Gasteiger charge is 2.04. The summed E-state index contributed by atoms with van der Waals surface area (Å²) in [5.41, 5.74) is 7.50. The fourth-order valence-corrected chi connectivity index (χ4v) is 3.03. The first-order valence-electron chi connectivity index (χ1n) is 6.26. The Labute approximate surface area is 121 Å². The van der Waals surface area contributed by atoms with E-state index in [-0.39, 0.29) is 6.04 Å². The molecule has 0 radical (unpaired) electrons. The van der Waals surface area contributed by atoms with Gasteiger partial charge < -0.3 is 5.73 Å². The van der Waals surface area contributed by atoms with Crippen LogP contribution in [-0.2, 0) is 12.8 Å². The van der Waals surface area contributed by atoms with Gasteiger partial charge in [0.15, 0.2) is 0 Å². The molecule has 0 spiro atoms. The van der Waals surface area contributed by atoms with Crippen molar-refractivity contribution in [3.05, 3.63) is 56.7 Å². The standard InChI is InChI=1S/C15H18BrNS/c16-13-8-6-12(7-9-13)11-14(17)3-1-4-15-5-2-10-18-15/h2,5-10,14H,1,3-4,11,17H2. The van der Waals surface area contributed by atoms with E-state index in [4.69, 9.17) is 5.73 Å². The van der Waals surface area contributed by atoms with E-state index in [1.807, 2.05) is 11.3 Å². The van der Waals surface area contributed by atoms with Crippen molar-refractivity contribution in [2.24, 2.45) is 5.73 Å². The lowest BCUT2D eigenvalue weighted by Gasteiger charge is -2.11. The normalized spacial score (nSPS) is 12.6. The summed E-state index contributed by atoms with van der Waals surface area (Å²) in [4.78, 5) is 1.46. The van der Waals surface area contributed by atoms with Gasteiger partial charge in [0.1, 0.15) is 0 Å². The predicted octanol–water partition coefficient (Wildman–Crippen LogP) is 4.40. The third-order valence-corrected chi connectivity index (χ3v) is 4.45. The zero-order chi connectivity index (χ0) is 12.8. The zero-order valence-corrected chi connectivity index (χ0v) is 12.7. The molecule has 1 nitrogen and oxygen atoms in total. The number of thiophene rings is 1. The van der Waals surface area contributed by atoms with Crippen LogP contribution in [0.15, 0.2) is 46.3 Å². The molecule has 0 bridgehead atoms. The van der Waals surface area contributed by atoms with Crippen molar-refractivity contribution in [3.8, 4) is 0 Å². The van der Waals surface area contributed by atoms with Crippen LogP contribution in [0, 0.1) is 0 Å². The molecule has 1 aromatic heterocycles. The van der Waals surface area contributed by atoms with Gasteiger partial charge in [-0.05, 0) is 54.8 Å². The first-order valence-corrected chi connectivity index (χ1v) is 7.94. The minimum atomic E-state index is 0.270. The van der Waals surface area contributed by atoms with Crippen molar-refractivity contribution in [2.75, 3.05) is 0 Å².